The predicted octanol–water partition coefficient (Wildman–Crippen LogP) is 3.35. The van der Waals surface area contributed by atoms with Crippen LogP contribution < -0.4 is 4.90 Å². The summed E-state index contributed by atoms with van der Waals surface area (Å²) >= 11 is 0. The number of hydrogen-bond donors (Lipinski definition) is 1. The quantitative estimate of drug-likeness (QED) is 0.940. The van der Waals surface area contributed by atoms with Crippen molar-refractivity contribution in [2.75, 3.05) is 18.0 Å². The van der Waals surface area contributed by atoms with E-state index in [-0.39, 0.29) is 11.7 Å². The zero-order chi connectivity index (χ0) is 17.1. The molecule has 124 valence electrons. The van der Waals surface area contributed by atoms with Gasteiger partial charge in [-0.1, -0.05) is 12.1 Å². The second-order valence-corrected chi connectivity index (χ2v) is 6.26. The van der Waals surface area contributed by atoms with Gasteiger partial charge < -0.3 is 10.0 Å². The zero-order valence-corrected chi connectivity index (χ0v) is 13.6. The molecule has 24 heavy (non-hydrogen) atoms. The maximum atomic E-state index is 13.0. The number of halogens is 1. The first-order valence-corrected chi connectivity index (χ1v) is 8.14. The maximum Gasteiger partial charge on any atom is 0.146 e. The van der Waals surface area contributed by atoms with Crippen molar-refractivity contribution in [1.29, 1.82) is 5.26 Å². The number of nitrogens with zero attached hydrogens (tertiary/aromatic N) is 3. The Labute approximate surface area is 141 Å². The summed E-state index contributed by atoms with van der Waals surface area (Å²) in [5.74, 6) is 0.560. The molecule has 1 fully saturated rings. The Bertz CT molecular complexity index is 746. The van der Waals surface area contributed by atoms with Gasteiger partial charge in [0.25, 0.3) is 0 Å². The third-order valence-corrected chi connectivity index (χ3v) is 4.75. The van der Waals surface area contributed by atoms with E-state index in [0.717, 1.165) is 42.9 Å². The monoisotopic (exact) mass is 325 g/mol. The molecular formula is C19H20FN3O. The van der Waals surface area contributed by atoms with E-state index in [0.29, 0.717) is 5.56 Å². The summed E-state index contributed by atoms with van der Waals surface area (Å²) in [4.78, 5) is 6.48. The number of aryl methyl sites for hydroxylation is 1. The van der Waals surface area contributed by atoms with Gasteiger partial charge in [-0.05, 0) is 55.0 Å². The highest BCUT2D eigenvalue weighted by atomic mass is 19.1. The van der Waals surface area contributed by atoms with Crippen LogP contribution in [0.25, 0.3) is 0 Å². The van der Waals surface area contributed by atoms with Crippen molar-refractivity contribution in [3.05, 3.63) is 59.0 Å². The van der Waals surface area contributed by atoms with Crippen molar-refractivity contribution in [1.82, 2.24) is 4.98 Å². The number of rotatable bonds is 3. The molecule has 1 aliphatic heterocycles. The molecule has 1 aromatic carbocycles. The molecule has 0 radical (unpaired) electrons. The minimum atomic E-state index is -0.589. The largest absolute Gasteiger partial charge is 0.388 e. The molecule has 0 bridgehead atoms. The van der Waals surface area contributed by atoms with E-state index >= 15 is 0 Å². The Hall–Kier alpha value is -2.45. The van der Waals surface area contributed by atoms with Gasteiger partial charge in [-0.15, -0.1) is 0 Å². The lowest BCUT2D eigenvalue weighted by Gasteiger charge is -2.35. The summed E-state index contributed by atoms with van der Waals surface area (Å²) in [6.45, 7) is 3.40. The third-order valence-electron chi connectivity index (χ3n) is 4.75. The van der Waals surface area contributed by atoms with Crippen molar-refractivity contribution in [2.45, 2.75) is 25.9 Å². The fourth-order valence-electron chi connectivity index (χ4n) is 3.28. The molecule has 1 saturated heterocycles. The van der Waals surface area contributed by atoms with E-state index in [1.165, 1.54) is 12.1 Å². The number of benzene rings is 1. The molecule has 0 spiro atoms. The number of aliphatic hydroxyl groups excluding tert-OH is 1. The number of pyridine rings is 1. The van der Waals surface area contributed by atoms with E-state index in [4.69, 9.17) is 0 Å². The Morgan fingerprint density at radius 3 is 2.54 bits per heavy atom. The first kappa shape index (κ1) is 16.4. The second-order valence-electron chi connectivity index (χ2n) is 6.26. The Balaban J connectivity index is 1.69. The van der Waals surface area contributed by atoms with Crippen LogP contribution >= 0.6 is 0 Å². The predicted molar refractivity (Wildman–Crippen MR) is 90.0 cm³/mol. The van der Waals surface area contributed by atoms with Gasteiger partial charge in [-0.2, -0.15) is 5.26 Å². The summed E-state index contributed by atoms with van der Waals surface area (Å²) in [5, 5.41) is 19.9. The van der Waals surface area contributed by atoms with Gasteiger partial charge in [0.15, 0.2) is 0 Å². The average Bonchev–Trinajstić information content (AvgIpc) is 2.62. The zero-order valence-electron chi connectivity index (χ0n) is 13.6. The van der Waals surface area contributed by atoms with Crippen LogP contribution in [0.2, 0.25) is 0 Å². The van der Waals surface area contributed by atoms with Crippen LogP contribution in [0.1, 0.15) is 35.6 Å². The lowest BCUT2D eigenvalue weighted by Crippen LogP contribution is -2.36. The van der Waals surface area contributed by atoms with Gasteiger partial charge in [0, 0.05) is 19.3 Å². The molecule has 1 N–H and O–H groups in total. The van der Waals surface area contributed by atoms with Gasteiger partial charge in [-0.3, -0.25) is 0 Å². The average molecular weight is 325 g/mol. The molecule has 4 nitrogen and oxygen atoms in total. The summed E-state index contributed by atoms with van der Waals surface area (Å²) in [7, 11) is 0. The summed E-state index contributed by atoms with van der Waals surface area (Å²) < 4.78 is 13.0. The number of hydrogen-bond acceptors (Lipinski definition) is 4. The fraction of sp³-hybridized carbons (Fsp3) is 0.368. The van der Waals surface area contributed by atoms with Gasteiger partial charge >= 0.3 is 0 Å². The van der Waals surface area contributed by atoms with Crippen LogP contribution in [0, 0.1) is 30.0 Å². The lowest BCUT2D eigenvalue weighted by atomic mass is 9.87. The molecule has 2 heterocycles. The van der Waals surface area contributed by atoms with E-state index in [1.54, 1.807) is 18.3 Å². The van der Waals surface area contributed by atoms with E-state index < -0.39 is 6.10 Å². The Morgan fingerprint density at radius 2 is 1.92 bits per heavy atom. The normalized spacial score (nSPS) is 16.7. The van der Waals surface area contributed by atoms with E-state index in [1.807, 2.05) is 13.0 Å². The standard InChI is InChI=1S/C19H20FN3O/c1-13-6-9-22-19(17(13)12-21)23-10-7-15(8-11-23)18(24)14-2-4-16(20)5-3-14/h2-6,9,15,18,24H,7-8,10-11H2,1H3/t18-/m1/s1. The van der Waals surface area contributed by atoms with Crippen LogP contribution in [0.15, 0.2) is 36.5 Å². The summed E-state index contributed by atoms with van der Waals surface area (Å²) in [6, 6.07) is 10.1. The van der Waals surface area contributed by atoms with Crippen molar-refractivity contribution < 1.29 is 9.50 Å². The summed E-state index contributed by atoms with van der Waals surface area (Å²) in [6.07, 6.45) is 2.75. The third kappa shape index (κ3) is 3.24. The van der Waals surface area contributed by atoms with E-state index in [2.05, 4.69) is 16.0 Å². The van der Waals surface area contributed by atoms with E-state index in [9.17, 15) is 14.8 Å². The number of anilines is 1. The highest BCUT2D eigenvalue weighted by Crippen LogP contribution is 2.33. The first-order valence-electron chi connectivity index (χ1n) is 8.14. The van der Waals surface area contributed by atoms with Crippen LogP contribution in [0.4, 0.5) is 10.2 Å². The molecular weight excluding hydrogens is 305 g/mol. The molecule has 3 rings (SSSR count). The van der Waals surface area contributed by atoms with Crippen LogP contribution in [-0.2, 0) is 0 Å². The molecule has 0 amide bonds. The molecule has 2 aromatic rings. The minimum Gasteiger partial charge on any atom is -0.388 e. The Kier molecular flexibility index (Phi) is 4.77. The molecule has 1 atom stereocenters. The smallest absolute Gasteiger partial charge is 0.146 e. The van der Waals surface area contributed by atoms with Gasteiger partial charge in [-0.25, -0.2) is 9.37 Å². The molecule has 1 aromatic heterocycles. The first-order chi connectivity index (χ1) is 11.6. The van der Waals surface area contributed by atoms with Crippen molar-refractivity contribution in [2.24, 2.45) is 5.92 Å². The topological polar surface area (TPSA) is 60.1 Å². The van der Waals surface area contributed by atoms with Crippen LogP contribution in [-0.4, -0.2) is 23.2 Å². The minimum absolute atomic E-state index is 0.127. The highest BCUT2D eigenvalue weighted by Gasteiger charge is 2.28. The maximum absolute atomic E-state index is 13.0. The van der Waals surface area contributed by atoms with Crippen molar-refractivity contribution >= 4 is 5.82 Å². The molecule has 0 unspecified atom stereocenters. The van der Waals surface area contributed by atoms with Gasteiger partial charge in [0.1, 0.15) is 17.7 Å². The lowest BCUT2D eigenvalue weighted by molar-refractivity contribution is 0.0928. The highest BCUT2D eigenvalue weighted by molar-refractivity contribution is 5.57. The number of aromatic nitrogens is 1. The van der Waals surface area contributed by atoms with Gasteiger partial charge in [0.2, 0.25) is 0 Å². The number of nitriles is 1. The van der Waals surface area contributed by atoms with Gasteiger partial charge in [0.05, 0.1) is 11.7 Å². The fourth-order valence-corrected chi connectivity index (χ4v) is 3.28. The summed E-state index contributed by atoms with van der Waals surface area (Å²) in [5.41, 5.74) is 2.30. The van der Waals surface area contributed by atoms with Crippen LogP contribution in [0.3, 0.4) is 0 Å². The molecule has 0 aliphatic carbocycles. The molecule has 0 saturated carbocycles. The second kappa shape index (κ2) is 6.98. The number of piperidine rings is 1. The van der Waals surface area contributed by atoms with Crippen molar-refractivity contribution in [3.8, 4) is 6.07 Å². The Morgan fingerprint density at radius 1 is 1.25 bits per heavy atom. The molecule has 5 heteroatoms. The van der Waals surface area contributed by atoms with Crippen LogP contribution in [0.5, 0.6) is 0 Å². The molecule has 1 aliphatic rings. The number of aliphatic hydroxyl groups is 1. The van der Waals surface area contributed by atoms with Crippen molar-refractivity contribution in [3.63, 3.8) is 0 Å². The SMILES string of the molecule is Cc1ccnc(N2CCC([C@H](O)c3ccc(F)cc3)CC2)c1C#N.